The lowest BCUT2D eigenvalue weighted by Gasteiger charge is -2.20. The molecule has 0 radical (unpaired) electrons. The molecule has 4 rings (SSSR count). The minimum absolute atomic E-state index is 0.0746. The number of furan rings is 1. The fourth-order valence-corrected chi connectivity index (χ4v) is 3.96. The molecule has 8 heteroatoms. The van der Waals surface area contributed by atoms with E-state index < -0.39 is 0 Å². The molecule has 1 unspecified atom stereocenters. The monoisotopic (exact) mass is 424 g/mol. The molecule has 3 heterocycles. The van der Waals surface area contributed by atoms with Crippen molar-refractivity contribution in [2.75, 3.05) is 13.1 Å². The molecule has 1 N–H and O–H groups in total. The lowest BCUT2D eigenvalue weighted by molar-refractivity contribution is -0.123. The quantitative estimate of drug-likeness (QED) is 0.422. The van der Waals surface area contributed by atoms with Gasteiger partial charge in [0.1, 0.15) is 11.3 Å². The summed E-state index contributed by atoms with van der Waals surface area (Å²) in [5.74, 6) is 1.68. The molecule has 0 saturated heterocycles. The number of para-hydroxylation sites is 1. The standard InChI is InChI=1S/C22H24N4O3S/c1-3-10-26(14-21-24-25-22(29-21)19-9-6-11-30-19)13-20(27)23-15(2)18-12-16-7-4-5-8-17(16)28-18/h4-9,11-12,15H,3,10,13-14H2,1-2H3,(H,23,27). The summed E-state index contributed by atoms with van der Waals surface area (Å²) in [6.07, 6.45) is 0.915. The zero-order valence-electron chi connectivity index (χ0n) is 17.0. The molecule has 156 valence electrons. The van der Waals surface area contributed by atoms with Crippen LogP contribution in [0.4, 0.5) is 0 Å². The smallest absolute Gasteiger partial charge is 0.257 e. The average molecular weight is 425 g/mol. The molecule has 7 nitrogen and oxygen atoms in total. The van der Waals surface area contributed by atoms with Crippen LogP contribution in [-0.4, -0.2) is 34.1 Å². The molecule has 0 spiro atoms. The van der Waals surface area contributed by atoms with Gasteiger partial charge in [-0.15, -0.1) is 21.5 Å². The zero-order chi connectivity index (χ0) is 20.9. The third-order valence-corrected chi connectivity index (χ3v) is 5.57. The molecule has 0 aliphatic carbocycles. The molecule has 30 heavy (non-hydrogen) atoms. The van der Waals surface area contributed by atoms with E-state index in [1.807, 2.05) is 59.7 Å². The molecular weight excluding hydrogens is 400 g/mol. The molecule has 0 aliphatic rings. The van der Waals surface area contributed by atoms with Gasteiger partial charge in [0.2, 0.25) is 11.8 Å². The van der Waals surface area contributed by atoms with Gasteiger partial charge >= 0.3 is 0 Å². The molecule has 0 fully saturated rings. The lowest BCUT2D eigenvalue weighted by atomic mass is 10.2. The highest BCUT2D eigenvalue weighted by Gasteiger charge is 2.19. The normalized spacial score (nSPS) is 12.5. The molecule has 3 aromatic heterocycles. The van der Waals surface area contributed by atoms with Crippen LogP contribution in [0.5, 0.6) is 0 Å². The number of nitrogens with one attached hydrogen (secondary N) is 1. The first-order valence-corrected chi connectivity index (χ1v) is 10.9. The number of hydrogen-bond donors (Lipinski definition) is 1. The van der Waals surface area contributed by atoms with Crippen LogP contribution in [-0.2, 0) is 11.3 Å². The lowest BCUT2D eigenvalue weighted by Crippen LogP contribution is -2.38. The van der Waals surface area contributed by atoms with Crippen LogP contribution in [0, 0.1) is 0 Å². The van der Waals surface area contributed by atoms with Gasteiger partial charge in [-0.3, -0.25) is 9.69 Å². The van der Waals surface area contributed by atoms with E-state index in [1.54, 1.807) is 11.3 Å². The summed E-state index contributed by atoms with van der Waals surface area (Å²) in [4.78, 5) is 15.6. The van der Waals surface area contributed by atoms with Crippen molar-refractivity contribution >= 4 is 28.2 Å². The van der Waals surface area contributed by atoms with E-state index in [-0.39, 0.29) is 18.5 Å². The Bertz CT molecular complexity index is 1070. The number of rotatable bonds is 9. The van der Waals surface area contributed by atoms with Crippen LogP contribution < -0.4 is 5.32 Å². The Kier molecular flexibility index (Phi) is 6.25. The summed E-state index contributed by atoms with van der Waals surface area (Å²) in [6, 6.07) is 13.5. The van der Waals surface area contributed by atoms with Gasteiger partial charge in [-0.25, -0.2) is 0 Å². The molecule has 1 aromatic carbocycles. The summed E-state index contributed by atoms with van der Waals surface area (Å²) in [5.41, 5.74) is 0.819. The largest absolute Gasteiger partial charge is 0.459 e. The van der Waals surface area contributed by atoms with Crippen molar-refractivity contribution in [3.8, 4) is 10.8 Å². The third-order valence-electron chi connectivity index (χ3n) is 4.71. The highest BCUT2D eigenvalue weighted by atomic mass is 32.1. The fourth-order valence-electron chi connectivity index (χ4n) is 3.32. The van der Waals surface area contributed by atoms with Gasteiger partial charge in [0.25, 0.3) is 5.89 Å². The highest BCUT2D eigenvalue weighted by Crippen LogP contribution is 2.24. The van der Waals surface area contributed by atoms with E-state index in [0.717, 1.165) is 34.6 Å². The van der Waals surface area contributed by atoms with Gasteiger partial charge in [-0.1, -0.05) is 31.2 Å². The zero-order valence-corrected chi connectivity index (χ0v) is 17.8. The Morgan fingerprint density at radius 2 is 2.07 bits per heavy atom. The molecular formula is C22H24N4O3S. The first-order valence-electron chi connectivity index (χ1n) is 9.99. The van der Waals surface area contributed by atoms with Crippen molar-refractivity contribution < 1.29 is 13.6 Å². The van der Waals surface area contributed by atoms with Crippen LogP contribution in [0.15, 0.2) is 56.7 Å². The maximum atomic E-state index is 12.6. The Morgan fingerprint density at radius 3 is 2.83 bits per heavy atom. The van der Waals surface area contributed by atoms with E-state index in [4.69, 9.17) is 8.83 Å². The molecule has 4 aromatic rings. The summed E-state index contributed by atoms with van der Waals surface area (Å²) < 4.78 is 11.6. The van der Waals surface area contributed by atoms with Gasteiger partial charge in [-0.2, -0.15) is 0 Å². The first-order chi connectivity index (χ1) is 14.6. The Balaban J connectivity index is 1.36. The van der Waals surface area contributed by atoms with Crippen molar-refractivity contribution in [2.24, 2.45) is 0 Å². The van der Waals surface area contributed by atoms with E-state index >= 15 is 0 Å². The predicted octanol–water partition coefficient (Wildman–Crippen LogP) is 4.63. The second-order valence-electron chi connectivity index (χ2n) is 7.16. The Morgan fingerprint density at radius 1 is 1.20 bits per heavy atom. The fraction of sp³-hybridized carbons (Fsp3) is 0.318. The van der Waals surface area contributed by atoms with Crippen LogP contribution >= 0.6 is 11.3 Å². The maximum absolute atomic E-state index is 12.6. The maximum Gasteiger partial charge on any atom is 0.257 e. The van der Waals surface area contributed by atoms with E-state index in [1.165, 1.54) is 0 Å². The minimum atomic E-state index is -0.220. The SMILES string of the molecule is CCCN(CC(=O)NC(C)c1cc2ccccc2o1)Cc1nnc(-c2cccs2)o1. The van der Waals surface area contributed by atoms with Gasteiger partial charge < -0.3 is 14.2 Å². The number of nitrogens with zero attached hydrogens (tertiary/aromatic N) is 3. The van der Waals surface area contributed by atoms with E-state index in [9.17, 15) is 4.79 Å². The highest BCUT2D eigenvalue weighted by molar-refractivity contribution is 7.13. The van der Waals surface area contributed by atoms with Gasteiger partial charge in [0.05, 0.1) is 24.0 Å². The summed E-state index contributed by atoms with van der Waals surface area (Å²) >= 11 is 1.55. The van der Waals surface area contributed by atoms with Crippen molar-refractivity contribution in [3.05, 3.63) is 59.5 Å². The minimum Gasteiger partial charge on any atom is -0.459 e. The van der Waals surface area contributed by atoms with Crippen LogP contribution in [0.2, 0.25) is 0 Å². The van der Waals surface area contributed by atoms with E-state index in [2.05, 4.69) is 22.4 Å². The number of fused-ring (bicyclic) bond motifs is 1. The topological polar surface area (TPSA) is 84.4 Å². The first kappa shape index (κ1) is 20.3. The second kappa shape index (κ2) is 9.23. The molecule has 1 atom stereocenters. The van der Waals surface area contributed by atoms with Gasteiger partial charge in [0, 0.05) is 5.39 Å². The average Bonchev–Trinajstić information content (AvgIpc) is 3.47. The molecule has 1 amide bonds. The van der Waals surface area contributed by atoms with Crippen molar-refractivity contribution in [2.45, 2.75) is 32.9 Å². The van der Waals surface area contributed by atoms with Crippen LogP contribution in [0.3, 0.4) is 0 Å². The Labute approximate surface area is 178 Å². The number of hydrogen-bond acceptors (Lipinski definition) is 7. The van der Waals surface area contributed by atoms with Crippen molar-refractivity contribution in [1.29, 1.82) is 0 Å². The summed E-state index contributed by atoms with van der Waals surface area (Å²) in [5, 5.41) is 14.3. The summed E-state index contributed by atoms with van der Waals surface area (Å²) in [7, 11) is 0. The van der Waals surface area contributed by atoms with Gasteiger partial charge in [0.15, 0.2) is 0 Å². The van der Waals surface area contributed by atoms with Gasteiger partial charge in [-0.05, 0) is 43.5 Å². The van der Waals surface area contributed by atoms with E-state index in [0.29, 0.717) is 18.3 Å². The van der Waals surface area contributed by atoms with Crippen LogP contribution in [0.1, 0.15) is 38.0 Å². The van der Waals surface area contributed by atoms with Crippen molar-refractivity contribution in [1.82, 2.24) is 20.4 Å². The third kappa shape index (κ3) is 4.77. The van der Waals surface area contributed by atoms with Crippen molar-refractivity contribution in [3.63, 3.8) is 0 Å². The Hall–Kier alpha value is -2.97. The number of carbonyl (C=O) groups excluding carboxylic acids is 1. The number of aromatic nitrogens is 2. The molecule has 0 aliphatic heterocycles. The number of amides is 1. The summed E-state index contributed by atoms with van der Waals surface area (Å²) in [6.45, 7) is 5.43. The number of carbonyl (C=O) groups is 1. The number of benzene rings is 1. The second-order valence-corrected chi connectivity index (χ2v) is 8.11. The van der Waals surface area contributed by atoms with Crippen LogP contribution in [0.25, 0.3) is 21.7 Å². The molecule has 0 saturated carbocycles. The number of thiophene rings is 1. The molecule has 0 bridgehead atoms. The predicted molar refractivity (Wildman–Crippen MR) is 116 cm³/mol.